The summed E-state index contributed by atoms with van der Waals surface area (Å²) in [6.45, 7) is 1.69. The summed E-state index contributed by atoms with van der Waals surface area (Å²) in [6.07, 6.45) is 2.28. The monoisotopic (exact) mass is 355 g/mol. The molecule has 0 radical (unpaired) electrons. The lowest BCUT2D eigenvalue weighted by Crippen LogP contribution is -2.29. The number of hydrogen-bond acceptors (Lipinski definition) is 4. The largest absolute Gasteiger partial charge is 0.486 e. The van der Waals surface area contributed by atoms with Crippen molar-refractivity contribution in [1.29, 1.82) is 0 Å². The van der Waals surface area contributed by atoms with Crippen molar-refractivity contribution < 1.29 is 18.7 Å². The highest BCUT2D eigenvalue weighted by Gasteiger charge is 2.16. The topological polar surface area (TPSA) is 65.4 Å². The minimum absolute atomic E-state index is 0.110. The zero-order valence-corrected chi connectivity index (χ0v) is 14.1. The molecule has 1 amide bonds. The summed E-state index contributed by atoms with van der Waals surface area (Å²) in [7, 11) is 0. The van der Waals surface area contributed by atoms with E-state index in [0.717, 1.165) is 16.6 Å². The molecule has 2 heterocycles. The summed E-state index contributed by atoms with van der Waals surface area (Å²) < 4.78 is 25.8. The van der Waals surface area contributed by atoms with Gasteiger partial charge in [0.1, 0.15) is 25.6 Å². The van der Waals surface area contributed by atoms with Gasteiger partial charge in [0.15, 0.2) is 11.5 Å². The van der Waals surface area contributed by atoms with Gasteiger partial charge in [-0.2, -0.15) is 0 Å². The molecule has 1 N–H and O–H groups in total. The molecule has 1 aliphatic heterocycles. The second-order valence-electron chi connectivity index (χ2n) is 6.08. The number of fused-ring (bicyclic) bond motifs is 2. The van der Waals surface area contributed by atoms with Gasteiger partial charge in [0, 0.05) is 18.7 Å². The van der Waals surface area contributed by atoms with E-state index in [4.69, 9.17) is 9.47 Å². The maximum atomic E-state index is 12.9. The van der Waals surface area contributed by atoms with Crippen molar-refractivity contribution in [1.82, 2.24) is 14.9 Å². The molecule has 1 aromatic heterocycles. The maximum Gasteiger partial charge on any atom is 0.240 e. The van der Waals surface area contributed by atoms with Crippen LogP contribution in [0.25, 0.3) is 11.0 Å². The fraction of sp³-hybridized carbons (Fsp3) is 0.263. The predicted molar refractivity (Wildman–Crippen MR) is 93.8 cm³/mol. The zero-order chi connectivity index (χ0) is 17.9. The second kappa shape index (κ2) is 7.03. The van der Waals surface area contributed by atoms with Crippen molar-refractivity contribution in [2.75, 3.05) is 19.8 Å². The number of hydrogen-bond donors (Lipinski definition) is 1. The molecule has 0 aliphatic carbocycles. The van der Waals surface area contributed by atoms with Gasteiger partial charge in [-0.15, -0.1) is 0 Å². The van der Waals surface area contributed by atoms with Crippen LogP contribution in [0.3, 0.4) is 0 Å². The summed E-state index contributed by atoms with van der Waals surface area (Å²) in [5.41, 5.74) is 2.56. The van der Waals surface area contributed by atoms with Crippen LogP contribution >= 0.6 is 0 Å². The lowest BCUT2D eigenvalue weighted by atomic mass is 10.1. The lowest BCUT2D eigenvalue weighted by molar-refractivity contribution is -0.121. The molecule has 0 spiro atoms. The van der Waals surface area contributed by atoms with Crippen LogP contribution in [0.2, 0.25) is 0 Å². The summed E-state index contributed by atoms with van der Waals surface area (Å²) in [4.78, 5) is 16.5. The van der Waals surface area contributed by atoms with Crippen LogP contribution in [0.15, 0.2) is 42.7 Å². The molecule has 0 atom stereocenters. The van der Waals surface area contributed by atoms with E-state index in [0.29, 0.717) is 37.7 Å². The molecule has 0 bridgehead atoms. The first kappa shape index (κ1) is 16.4. The van der Waals surface area contributed by atoms with E-state index in [1.165, 1.54) is 12.1 Å². The third-order valence-corrected chi connectivity index (χ3v) is 4.25. The molecule has 2 aromatic carbocycles. The molecule has 4 rings (SSSR count). The normalized spacial score (nSPS) is 13.0. The summed E-state index contributed by atoms with van der Waals surface area (Å²) in [5.74, 6) is 0.975. The number of halogens is 1. The van der Waals surface area contributed by atoms with Gasteiger partial charge in [-0.3, -0.25) is 4.79 Å². The van der Waals surface area contributed by atoms with Gasteiger partial charge in [0.25, 0.3) is 0 Å². The number of amides is 1. The number of nitrogens with zero attached hydrogens (tertiary/aromatic N) is 2. The van der Waals surface area contributed by atoms with Crippen molar-refractivity contribution in [3.63, 3.8) is 0 Å². The van der Waals surface area contributed by atoms with Crippen molar-refractivity contribution >= 4 is 16.9 Å². The Kier molecular flexibility index (Phi) is 4.43. The highest BCUT2D eigenvalue weighted by molar-refractivity contribution is 5.83. The Bertz CT molecular complexity index is 937. The van der Waals surface area contributed by atoms with Crippen LogP contribution < -0.4 is 14.8 Å². The maximum absolute atomic E-state index is 12.9. The van der Waals surface area contributed by atoms with Crippen LogP contribution in [0.1, 0.15) is 5.56 Å². The summed E-state index contributed by atoms with van der Waals surface area (Å²) in [6, 6.07) is 9.95. The van der Waals surface area contributed by atoms with Crippen molar-refractivity contribution in [2.24, 2.45) is 0 Å². The molecule has 6 nitrogen and oxygen atoms in total. The number of aromatic nitrogens is 2. The first-order valence-electron chi connectivity index (χ1n) is 8.45. The van der Waals surface area contributed by atoms with Gasteiger partial charge in [0.2, 0.25) is 5.91 Å². The molecule has 0 fully saturated rings. The van der Waals surface area contributed by atoms with E-state index < -0.39 is 0 Å². The molecule has 26 heavy (non-hydrogen) atoms. The molecule has 3 aromatic rings. The predicted octanol–water partition coefficient (Wildman–Crippen LogP) is 2.31. The Hall–Kier alpha value is -3.09. The van der Waals surface area contributed by atoms with E-state index >= 15 is 0 Å². The van der Waals surface area contributed by atoms with Crippen LogP contribution in [0, 0.1) is 5.82 Å². The van der Waals surface area contributed by atoms with Crippen molar-refractivity contribution in [3.05, 3.63) is 54.1 Å². The molecule has 0 saturated carbocycles. The second-order valence-corrected chi connectivity index (χ2v) is 6.08. The molecule has 0 unspecified atom stereocenters. The smallest absolute Gasteiger partial charge is 0.240 e. The van der Waals surface area contributed by atoms with Gasteiger partial charge >= 0.3 is 0 Å². The fourth-order valence-electron chi connectivity index (χ4n) is 2.93. The van der Waals surface area contributed by atoms with Gasteiger partial charge in [-0.1, -0.05) is 12.1 Å². The average Bonchev–Trinajstić information content (AvgIpc) is 3.03. The first-order chi connectivity index (χ1) is 12.7. The summed E-state index contributed by atoms with van der Waals surface area (Å²) >= 11 is 0. The first-order valence-corrected chi connectivity index (χ1v) is 8.45. The molecular formula is C19H18FN3O3. The highest BCUT2D eigenvalue weighted by atomic mass is 19.1. The number of nitrogens with one attached hydrogen (secondary N) is 1. The number of rotatable bonds is 5. The van der Waals surface area contributed by atoms with E-state index in [2.05, 4.69) is 10.3 Å². The zero-order valence-electron chi connectivity index (χ0n) is 14.1. The van der Waals surface area contributed by atoms with Crippen LogP contribution in [0.4, 0.5) is 4.39 Å². The van der Waals surface area contributed by atoms with Crippen LogP contribution in [-0.4, -0.2) is 35.2 Å². The van der Waals surface area contributed by atoms with E-state index in [-0.39, 0.29) is 18.3 Å². The minimum Gasteiger partial charge on any atom is -0.486 e. The quantitative estimate of drug-likeness (QED) is 0.763. The third kappa shape index (κ3) is 3.46. The van der Waals surface area contributed by atoms with Crippen molar-refractivity contribution in [2.45, 2.75) is 13.0 Å². The molecule has 1 aliphatic rings. The van der Waals surface area contributed by atoms with Gasteiger partial charge in [-0.05, 0) is 24.1 Å². The molecule has 7 heteroatoms. The Morgan fingerprint density at radius 2 is 1.88 bits per heavy atom. The number of ether oxygens (including phenoxy) is 2. The Morgan fingerprint density at radius 3 is 2.65 bits per heavy atom. The number of carbonyl (C=O) groups is 1. The minimum atomic E-state index is -0.263. The van der Waals surface area contributed by atoms with Gasteiger partial charge in [0.05, 0.1) is 17.4 Å². The Balaban J connectivity index is 1.38. The van der Waals surface area contributed by atoms with E-state index in [1.54, 1.807) is 23.0 Å². The van der Waals surface area contributed by atoms with Gasteiger partial charge in [-0.25, -0.2) is 9.37 Å². The standard InChI is InChI=1S/C19H18FN3O3/c20-14-3-1-13(2-4-14)5-6-21-19(24)11-23-12-22-15-9-17-18(10-16(15)23)26-8-7-25-17/h1-4,9-10,12H,5-8,11H2,(H,21,24). The van der Waals surface area contributed by atoms with Crippen LogP contribution in [0.5, 0.6) is 11.5 Å². The lowest BCUT2D eigenvalue weighted by Gasteiger charge is -2.18. The Morgan fingerprint density at radius 1 is 1.15 bits per heavy atom. The molecular weight excluding hydrogens is 337 g/mol. The molecule has 0 saturated heterocycles. The van der Waals surface area contributed by atoms with Crippen molar-refractivity contribution in [3.8, 4) is 11.5 Å². The van der Waals surface area contributed by atoms with Gasteiger partial charge < -0.3 is 19.4 Å². The summed E-state index contributed by atoms with van der Waals surface area (Å²) in [5, 5.41) is 2.87. The number of benzene rings is 2. The highest BCUT2D eigenvalue weighted by Crippen LogP contribution is 2.34. The van der Waals surface area contributed by atoms with E-state index in [9.17, 15) is 9.18 Å². The average molecular weight is 355 g/mol. The van der Waals surface area contributed by atoms with Crippen LogP contribution in [-0.2, 0) is 17.8 Å². The number of imidazole rings is 1. The third-order valence-electron chi connectivity index (χ3n) is 4.25. The van der Waals surface area contributed by atoms with E-state index in [1.807, 2.05) is 12.1 Å². The fourth-order valence-corrected chi connectivity index (χ4v) is 2.93. The Labute approximate surface area is 149 Å². The molecule has 134 valence electrons. The number of carbonyl (C=O) groups excluding carboxylic acids is 1. The SMILES string of the molecule is O=C(Cn1cnc2cc3c(cc21)OCCO3)NCCc1ccc(F)cc1.